The maximum atomic E-state index is 14.2. The summed E-state index contributed by atoms with van der Waals surface area (Å²) in [5, 5.41) is 11.1. The molecule has 0 bridgehead atoms. The van der Waals surface area contributed by atoms with Gasteiger partial charge >= 0.3 is 0 Å². The fourth-order valence-electron chi connectivity index (χ4n) is 6.43. The highest BCUT2D eigenvalue weighted by atomic mass is 16.2. The molecule has 2 heterocycles. The second-order valence-electron chi connectivity index (χ2n) is 13.3. The van der Waals surface area contributed by atoms with Crippen LogP contribution in [0.3, 0.4) is 0 Å². The van der Waals surface area contributed by atoms with Gasteiger partial charge in [0.2, 0.25) is 23.5 Å². The highest BCUT2D eigenvalue weighted by molar-refractivity contribution is 6.38. The van der Waals surface area contributed by atoms with Gasteiger partial charge in [-0.3, -0.25) is 33.8 Å². The molecule has 1 aliphatic heterocycles. The number of Topliss-reactive ketones (excluding diaryl/α,β-unsaturated/α-hetero) is 1. The third kappa shape index (κ3) is 8.23. The van der Waals surface area contributed by atoms with Gasteiger partial charge in [-0.1, -0.05) is 47.5 Å². The second kappa shape index (κ2) is 14.9. The number of ketones is 1. The number of amides is 5. The highest BCUT2D eigenvalue weighted by Crippen LogP contribution is 2.42. The molecular formula is C32H47N7O6. The minimum absolute atomic E-state index is 0.0143. The number of rotatable bonds is 14. The molecule has 0 radical (unpaired) electrons. The number of nitrogens with one attached hydrogen (secondary N) is 4. The molecule has 1 saturated heterocycles. The normalized spacial score (nSPS) is 22.7. The van der Waals surface area contributed by atoms with Crippen molar-refractivity contribution in [2.45, 2.75) is 110 Å². The Bertz CT molecular complexity index is 1270. The first-order chi connectivity index (χ1) is 21.4. The molecule has 4 N–H and O–H groups in total. The third-order valence-corrected chi connectivity index (χ3v) is 9.05. The minimum Gasteiger partial charge on any atom is -0.347 e. The van der Waals surface area contributed by atoms with E-state index in [-0.39, 0.29) is 41.3 Å². The summed E-state index contributed by atoms with van der Waals surface area (Å²) in [5.74, 6) is -3.87. The Morgan fingerprint density at radius 1 is 0.911 bits per heavy atom. The lowest BCUT2D eigenvalue weighted by molar-refractivity contribution is -0.145. The third-order valence-electron chi connectivity index (χ3n) is 9.05. The van der Waals surface area contributed by atoms with Crippen LogP contribution in [0.5, 0.6) is 0 Å². The van der Waals surface area contributed by atoms with E-state index in [1.165, 1.54) is 18.6 Å². The van der Waals surface area contributed by atoms with Crippen LogP contribution in [-0.2, 0) is 24.0 Å². The molecular weight excluding hydrogens is 578 g/mol. The van der Waals surface area contributed by atoms with Crippen LogP contribution in [0.15, 0.2) is 18.6 Å². The largest absolute Gasteiger partial charge is 0.347 e. The summed E-state index contributed by atoms with van der Waals surface area (Å²) < 4.78 is 0. The average Bonchev–Trinajstić information content (AvgIpc) is 3.57. The monoisotopic (exact) mass is 625 g/mol. The molecule has 1 aromatic rings. The molecule has 13 heteroatoms. The van der Waals surface area contributed by atoms with Crippen LogP contribution in [0.1, 0.15) is 90.1 Å². The van der Waals surface area contributed by atoms with Crippen LogP contribution in [0.2, 0.25) is 0 Å². The van der Waals surface area contributed by atoms with E-state index in [4.69, 9.17) is 0 Å². The van der Waals surface area contributed by atoms with Gasteiger partial charge in [0.05, 0.1) is 12.2 Å². The molecule has 0 spiro atoms. The first-order valence-electron chi connectivity index (χ1n) is 16.3. The van der Waals surface area contributed by atoms with E-state index in [2.05, 4.69) is 31.2 Å². The Balaban J connectivity index is 1.50. The molecule has 3 fully saturated rings. The van der Waals surface area contributed by atoms with Crippen molar-refractivity contribution in [1.82, 2.24) is 36.1 Å². The van der Waals surface area contributed by atoms with Crippen LogP contribution < -0.4 is 21.3 Å². The molecule has 0 aromatic carbocycles. The Labute approximate surface area is 264 Å². The predicted octanol–water partition coefficient (Wildman–Crippen LogP) is 1.13. The molecule has 2 unspecified atom stereocenters. The van der Waals surface area contributed by atoms with Gasteiger partial charge in [0.1, 0.15) is 23.8 Å². The van der Waals surface area contributed by atoms with Gasteiger partial charge in [0.15, 0.2) is 0 Å². The number of hydrogen-bond acceptors (Lipinski definition) is 8. The van der Waals surface area contributed by atoms with E-state index in [1.807, 2.05) is 20.8 Å². The van der Waals surface area contributed by atoms with E-state index in [0.717, 1.165) is 32.1 Å². The number of hydrogen-bond donors (Lipinski definition) is 4. The number of carbonyl (C=O) groups excluding carboxylic acids is 6. The van der Waals surface area contributed by atoms with Crippen LogP contribution in [0, 0.1) is 23.7 Å². The standard InChI is InChI=1S/C32H47N7O6/c1-6-8-22(27(40)31(44)35-20-11-12-20)36-30(43)26-21-10-7-9-19(21)16-39(26)32(45)25(18(4)5)38-29(42)24(17(2)3)37-28(41)23-15-33-13-14-34-23/h13-15,17-22,24-26H,6-12,16H2,1-5H3,(H,35,44)(H,36,43)(H,37,41)(H,38,42)/t19?,21?,22-,24-,25-,26-/m0/s1. The van der Waals surface area contributed by atoms with Crippen LogP contribution in [0.4, 0.5) is 0 Å². The summed E-state index contributed by atoms with van der Waals surface area (Å²) in [4.78, 5) is 89.4. The molecule has 3 aliphatic rings. The zero-order chi connectivity index (χ0) is 32.8. The van der Waals surface area contributed by atoms with Crippen LogP contribution in [0.25, 0.3) is 0 Å². The minimum atomic E-state index is -0.982. The molecule has 2 saturated carbocycles. The zero-order valence-electron chi connectivity index (χ0n) is 26.9. The summed E-state index contributed by atoms with van der Waals surface area (Å²) in [7, 11) is 0. The summed E-state index contributed by atoms with van der Waals surface area (Å²) in [6, 6.07) is -3.70. The number of aromatic nitrogens is 2. The maximum absolute atomic E-state index is 14.2. The Morgan fingerprint density at radius 3 is 2.22 bits per heavy atom. The fourth-order valence-corrected chi connectivity index (χ4v) is 6.43. The number of carbonyl (C=O) groups is 6. The first kappa shape index (κ1) is 34.0. The van der Waals surface area contributed by atoms with E-state index in [0.29, 0.717) is 19.4 Å². The molecule has 246 valence electrons. The number of fused-ring (bicyclic) bond motifs is 1. The average molecular weight is 626 g/mol. The summed E-state index contributed by atoms with van der Waals surface area (Å²) in [5.41, 5.74) is 0.0646. The van der Waals surface area contributed by atoms with Gasteiger partial charge in [-0.15, -0.1) is 0 Å². The molecule has 2 aliphatic carbocycles. The van der Waals surface area contributed by atoms with Crippen molar-refractivity contribution in [3.8, 4) is 0 Å². The SMILES string of the molecule is CCC[C@H](NC(=O)[C@@H]1C2CCCC2CN1C(=O)[C@@H](NC(=O)[C@@H](NC(=O)c1cnccn1)C(C)C)C(C)C)C(=O)C(=O)NC1CC1. The van der Waals surface area contributed by atoms with Crippen molar-refractivity contribution < 1.29 is 28.8 Å². The Hall–Kier alpha value is -3.90. The highest BCUT2D eigenvalue weighted by Gasteiger charge is 2.51. The van der Waals surface area contributed by atoms with Crippen LogP contribution in [-0.4, -0.2) is 86.9 Å². The molecule has 5 amide bonds. The van der Waals surface area contributed by atoms with E-state index < -0.39 is 53.6 Å². The van der Waals surface area contributed by atoms with Crippen molar-refractivity contribution in [1.29, 1.82) is 0 Å². The van der Waals surface area contributed by atoms with E-state index in [1.54, 1.807) is 18.7 Å². The van der Waals surface area contributed by atoms with Gasteiger partial charge in [-0.2, -0.15) is 0 Å². The fraction of sp³-hybridized carbons (Fsp3) is 0.688. The smallest absolute Gasteiger partial charge is 0.289 e. The van der Waals surface area contributed by atoms with E-state index in [9.17, 15) is 28.8 Å². The molecule has 13 nitrogen and oxygen atoms in total. The lowest BCUT2D eigenvalue weighted by Crippen LogP contribution is -2.60. The predicted molar refractivity (Wildman–Crippen MR) is 164 cm³/mol. The van der Waals surface area contributed by atoms with Crippen LogP contribution >= 0.6 is 0 Å². The molecule has 45 heavy (non-hydrogen) atoms. The first-order valence-corrected chi connectivity index (χ1v) is 16.3. The quantitative estimate of drug-likeness (QED) is 0.222. The summed E-state index contributed by atoms with van der Waals surface area (Å²) in [6.45, 7) is 9.44. The van der Waals surface area contributed by atoms with Crippen molar-refractivity contribution in [3.63, 3.8) is 0 Å². The Kier molecular flexibility index (Phi) is 11.3. The lowest BCUT2D eigenvalue weighted by Gasteiger charge is -2.33. The number of likely N-dealkylation sites (tertiary alicyclic amines) is 1. The second-order valence-corrected chi connectivity index (χ2v) is 13.3. The maximum Gasteiger partial charge on any atom is 0.289 e. The van der Waals surface area contributed by atoms with Crippen molar-refractivity contribution in [3.05, 3.63) is 24.3 Å². The summed E-state index contributed by atoms with van der Waals surface area (Å²) >= 11 is 0. The topological polar surface area (TPSA) is 180 Å². The van der Waals surface area contributed by atoms with Crippen molar-refractivity contribution in [2.75, 3.05) is 6.54 Å². The zero-order valence-corrected chi connectivity index (χ0v) is 26.9. The Morgan fingerprint density at radius 2 is 1.62 bits per heavy atom. The number of nitrogens with zero attached hydrogens (tertiary/aromatic N) is 3. The molecule has 4 rings (SSSR count). The van der Waals surface area contributed by atoms with Gasteiger partial charge in [-0.05, 0) is 55.8 Å². The van der Waals surface area contributed by atoms with Gasteiger partial charge < -0.3 is 26.2 Å². The van der Waals surface area contributed by atoms with Gasteiger partial charge in [0, 0.05) is 25.0 Å². The van der Waals surface area contributed by atoms with Crippen molar-refractivity contribution >= 4 is 35.3 Å². The summed E-state index contributed by atoms with van der Waals surface area (Å²) in [6.07, 6.45) is 9.28. The van der Waals surface area contributed by atoms with E-state index >= 15 is 0 Å². The lowest BCUT2D eigenvalue weighted by atomic mass is 9.92. The van der Waals surface area contributed by atoms with Crippen molar-refractivity contribution in [2.24, 2.45) is 23.7 Å². The molecule has 1 aromatic heterocycles. The molecule has 6 atom stereocenters. The van der Waals surface area contributed by atoms with Gasteiger partial charge in [0.25, 0.3) is 11.8 Å². The van der Waals surface area contributed by atoms with Gasteiger partial charge in [-0.25, -0.2) is 4.98 Å².